The highest BCUT2D eigenvalue weighted by Crippen LogP contribution is 2.32. The molecule has 14 heavy (non-hydrogen) atoms. The van der Waals surface area contributed by atoms with E-state index < -0.39 is 0 Å². The molecule has 0 radical (unpaired) electrons. The molecule has 0 saturated heterocycles. The van der Waals surface area contributed by atoms with Crippen LogP contribution in [-0.2, 0) is 0 Å². The lowest BCUT2D eigenvalue weighted by atomic mass is 10.1. The lowest BCUT2D eigenvalue weighted by Gasteiger charge is -2.12. The predicted octanol–water partition coefficient (Wildman–Crippen LogP) is 4.05. The van der Waals surface area contributed by atoms with Crippen LogP contribution in [0.2, 0.25) is 0 Å². The SMILES string of the molecule is C=CCCC(NC)c1cc(C)c(Br)s1. The van der Waals surface area contributed by atoms with Gasteiger partial charge in [-0.25, -0.2) is 0 Å². The second-order valence-electron chi connectivity index (χ2n) is 3.31. The first-order chi connectivity index (χ1) is 6.69. The normalized spacial score (nSPS) is 12.8. The fourth-order valence-corrected chi connectivity index (χ4v) is 3.08. The summed E-state index contributed by atoms with van der Waals surface area (Å²) in [7, 11) is 2.01. The molecule has 78 valence electrons. The number of hydrogen-bond acceptors (Lipinski definition) is 2. The average molecular weight is 274 g/mol. The van der Waals surface area contributed by atoms with Gasteiger partial charge in [0.05, 0.1) is 3.79 Å². The maximum Gasteiger partial charge on any atom is 0.0731 e. The van der Waals surface area contributed by atoms with Crippen molar-refractivity contribution in [3.63, 3.8) is 0 Å². The number of allylic oxidation sites excluding steroid dienone is 1. The molecule has 1 N–H and O–H groups in total. The third-order valence-corrected chi connectivity index (χ3v) is 4.48. The summed E-state index contributed by atoms with van der Waals surface area (Å²) in [5.41, 5.74) is 1.32. The van der Waals surface area contributed by atoms with E-state index in [0.29, 0.717) is 6.04 Å². The first-order valence-corrected chi connectivity index (χ1v) is 6.34. The number of aryl methyl sites for hydroxylation is 1. The van der Waals surface area contributed by atoms with Gasteiger partial charge in [-0.2, -0.15) is 0 Å². The number of hydrogen-bond donors (Lipinski definition) is 1. The molecule has 1 heterocycles. The van der Waals surface area contributed by atoms with Crippen molar-refractivity contribution in [2.24, 2.45) is 0 Å². The highest BCUT2D eigenvalue weighted by Gasteiger charge is 2.12. The zero-order valence-corrected chi connectivity index (χ0v) is 11.0. The minimum absolute atomic E-state index is 0.461. The molecule has 1 aromatic heterocycles. The lowest BCUT2D eigenvalue weighted by Crippen LogP contribution is -2.14. The molecule has 0 aliphatic carbocycles. The van der Waals surface area contributed by atoms with Gasteiger partial charge in [-0.3, -0.25) is 0 Å². The molecule has 0 bridgehead atoms. The van der Waals surface area contributed by atoms with Gasteiger partial charge in [-0.05, 0) is 54.4 Å². The molecule has 1 rings (SSSR count). The second kappa shape index (κ2) is 5.69. The Morgan fingerprint density at radius 2 is 2.43 bits per heavy atom. The molecule has 0 fully saturated rings. The van der Waals surface area contributed by atoms with Gasteiger partial charge in [-0.15, -0.1) is 17.9 Å². The quantitative estimate of drug-likeness (QED) is 0.799. The van der Waals surface area contributed by atoms with E-state index in [1.807, 2.05) is 24.5 Å². The fourth-order valence-electron chi connectivity index (χ4n) is 1.37. The molecule has 0 aromatic carbocycles. The molecule has 1 atom stereocenters. The van der Waals surface area contributed by atoms with Gasteiger partial charge < -0.3 is 5.32 Å². The van der Waals surface area contributed by atoms with Crippen molar-refractivity contribution in [2.75, 3.05) is 7.05 Å². The molecule has 0 amide bonds. The Labute approximate surface area is 98.4 Å². The number of rotatable bonds is 5. The van der Waals surface area contributed by atoms with Crippen molar-refractivity contribution in [1.29, 1.82) is 0 Å². The van der Waals surface area contributed by atoms with Crippen molar-refractivity contribution < 1.29 is 0 Å². The maximum atomic E-state index is 3.75. The van der Waals surface area contributed by atoms with Gasteiger partial charge in [0.2, 0.25) is 0 Å². The predicted molar refractivity (Wildman–Crippen MR) is 68.0 cm³/mol. The Morgan fingerprint density at radius 3 is 2.86 bits per heavy atom. The lowest BCUT2D eigenvalue weighted by molar-refractivity contribution is 0.563. The average Bonchev–Trinajstić information content (AvgIpc) is 2.48. The highest BCUT2D eigenvalue weighted by molar-refractivity contribution is 9.11. The zero-order valence-electron chi connectivity index (χ0n) is 8.64. The van der Waals surface area contributed by atoms with Crippen LogP contribution in [0.5, 0.6) is 0 Å². The molecule has 0 aliphatic heterocycles. The standard InChI is InChI=1S/C11H16BrNS/c1-4-5-6-9(13-3)10-7-8(2)11(12)14-10/h4,7,9,13H,1,5-6H2,2-3H3. The fraction of sp³-hybridized carbons (Fsp3) is 0.455. The largest absolute Gasteiger partial charge is 0.312 e. The third kappa shape index (κ3) is 2.94. The van der Waals surface area contributed by atoms with Crippen LogP contribution in [0.25, 0.3) is 0 Å². The minimum Gasteiger partial charge on any atom is -0.312 e. The van der Waals surface area contributed by atoms with Crippen LogP contribution in [0.15, 0.2) is 22.5 Å². The first-order valence-electron chi connectivity index (χ1n) is 4.73. The molecule has 1 aromatic rings. The van der Waals surface area contributed by atoms with E-state index in [1.165, 1.54) is 14.2 Å². The summed E-state index contributed by atoms with van der Waals surface area (Å²) < 4.78 is 1.24. The summed E-state index contributed by atoms with van der Waals surface area (Å²) >= 11 is 5.37. The van der Waals surface area contributed by atoms with E-state index >= 15 is 0 Å². The summed E-state index contributed by atoms with van der Waals surface area (Å²) in [5, 5.41) is 3.34. The van der Waals surface area contributed by atoms with Crippen molar-refractivity contribution in [3.8, 4) is 0 Å². The second-order valence-corrected chi connectivity index (χ2v) is 5.71. The van der Waals surface area contributed by atoms with E-state index in [0.717, 1.165) is 12.8 Å². The molecule has 0 aliphatic rings. The van der Waals surface area contributed by atoms with Crippen LogP contribution < -0.4 is 5.32 Å². The van der Waals surface area contributed by atoms with E-state index in [4.69, 9.17) is 0 Å². The summed E-state index contributed by atoms with van der Waals surface area (Å²) in [6, 6.07) is 2.71. The first kappa shape index (κ1) is 12.0. The number of halogens is 1. The molecule has 3 heteroatoms. The summed E-state index contributed by atoms with van der Waals surface area (Å²) in [5.74, 6) is 0. The Bertz CT molecular complexity index is 287. The molecule has 1 nitrogen and oxygen atoms in total. The Hall–Kier alpha value is -0.120. The smallest absolute Gasteiger partial charge is 0.0731 e. The Kier molecular flexibility index (Phi) is 4.85. The number of nitrogens with one attached hydrogen (secondary N) is 1. The highest BCUT2D eigenvalue weighted by atomic mass is 79.9. The van der Waals surface area contributed by atoms with E-state index in [1.54, 1.807) is 0 Å². The molecular formula is C11H16BrNS. The van der Waals surface area contributed by atoms with Crippen LogP contribution >= 0.6 is 27.3 Å². The van der Waals surface area contributed by atoms with Crippen LogP contribution in [-0.4, -0.2) is 7.05 Å². The van der Waals surface area contributed by atoms with E-state index in [2.05, 4.69) is 40.8 Å². The van der Waals surface area contributed by atoms with Gasteiger partial charge in [0, 0.05) is 10.9 Å². The summed E-state index contributed by atoms with van der Waals surface area (Å²) in [6.45, 7) is 5.88. The van der Waals surface area contributed by atoms with Crippen LogP contribution in [0, 0.1) is 6.92 Å². The van der Waals surface area contributed by atoms with Crippen LogP contribution in [0.3, 0.4) is 0 Å². The van der Waals surface area contributed by atoms with Gasteiger partial charge in [0.1, 0.15) is 0 Å². The van der Waals surface area contributed by atoms with E-state index in [-0.39, 0.29) is 0 Å². The molecular weight excluding hydrogens is 258 g/mol. The molecule has 1 unspecified atom stereocenters. The third-order valence-electron chi connectivity index (χ3n) is 2.23. The van der Waals surface area contributed by atoms with Gasteiger partial charge >= 0.3 is 0 Å². The van der Waals surface area contributed by atoms with Gasteiger partial charge in [0.15, 0.2) is 0 Å². The van der Waals surface area contributed by atoms with Gasteiger partial charge in [-0.1, -0.05) is 6.08 Å². The maximum absolute atomic E-state index is 3.75. The Balaban J connectivity index is 2.73. The van der Waals surface area contributed by atoms with Crippen molar-refractivity contribution in [1.82, 2.24) is 5.32 Å². The van der Waals surface area contributed by atoms with Crippen LogP contribution in [0.1, 0.15) is 29.3 Å². The van der Waals surface area contributed by atoms with Crippen LogP contribution in [0.4, 0.5) is 0 Å². The van der Waals surface area contributed by atoms with E-state index in [9.17, 15) is 0 Å². The molecule has 0 spiro atoms. The molecule has 0 saturated carbocycles. The zero-order chi connectivity index (χ0) is 10.6. The van der Waals surface area contributed by atoms with Crippen molar-refractivity contribution >= 4 is 27.3 Å². The topological polar surface area (TPSA) is 12.0 Å². The van der Waals surface area contributed by atoms with Crippen molar-refractivity contribution in [3.05, 3.63) is 32.9 Å². The van der Waals surface area contributed by atoms with Gasteiger partial charge in [0.25, 0.3) is 0 Å². The number of thiophene rings is 1. The summed E-state index contributed by atoms with van der Waals surface area (Å²) in [4.78, 5) is 1.40. The Morgan fingerprint density at radius 1 is 1.71 bits per heavy atom. The minimum atomic E-state index is 0.461. The monoisotopic (exact) mass is 273 g/mol. The van der Waals surface area contributed by atoms with Crippen molar-refractivity contribution in [2.45, 2.75) is 25.8 Å². The summed E-state index contributed by atoms with van der Waals surface area (Å²) in [6.07, 6.45) is 4.15.